The molecule has 0 unspecified atom stereocenters. The van der Waals surface area contributed by atoms with Crippen LogP contribution in [0.4, 0.5) is 50.5 Å². The number of guanidine groups is 1. The molecular weight excluding hydrogens is 1840 g/mol. The van der Waals surface area contributed by atoms with Crippen molar-refractivity contribution in [3.05, 3.63) is 316 Å². The molecule has 14 heterocycles. The number of fused-ring (bicyclic) bond motifs is 8. The van der Waals surface area contributed by atoms with Crippen LogP contribution in [-0.2, 0) is 14.4 Å². The number of amides is 3. The fourth-order valence-corrected chi connectivity index (χ4v) is 18.3. The highest BCUT2D eigenvalue weighted by atomic mass is 35.5. The zero-order valence-electron chi connectivity index (χ0n) is 74.2. The molecule has 0 aliphatic carbocycles. The highest BCUT2D eigenvalue weighted by molar-refractivity contribution is 7.17. The number of hydrogen-bond acceptors (Lipinski definition) is 22. The number of pyridine rings is 7. The Balaban J connectivity index is 0.000000110. The molecule has 3 amide bonds. The molecule has 684 valence electrons. The third-order valence-electron chi connectivity index (χ3n) is 23.2. The summed E-state index contributed by atoms with van der Waals surface area (Å²) in [5.41, 5.74) is 41.1. The van der Waals surface area contributed by atoms with Gasteiger partial charge in [-0.1, -0.05) is 48.0 Å². The van der Waals surface area contributed by atoms with Crippen LogP contribution in [0.2, 0.25) is 5.02 Å². The van der Waals surface area contributed by atoms with Gasteiger partial charge in [0.1, 0.15) is 58.4 Å². The summed E-state index contributed by atoms with van der Waals surface area (Å²) in [5.74, 6) is 0.0218. The fourth-order valence-electron chi connectivity index (χ4n) is 16.0. The number of aryl methyl sites for hydroxylation is 4. The third kappa shape index (κ3) is 19.2. The maximum absolute atomic E-state index is 13.8. The van der Waals surface area contributed by atoms with Gasteiger partial charge in [-0.3, -0.25) is 24.4 Å². The summed E-state index contributed by atoms with van der Waals surface area (Å²) in [5, 5.41) is 6.65. The number of nitrogens with zero attached hydrogens (tertiary/aromatic N) is 13. The van der Waals surface area contributed by atoms with Gasteiger partial charge in [0, 0.05) is 99.3 Å². The second-order valence-corrected chi connectivity index (χ2v) is 35.5. The summed E-state index contributed by atoms with van der Waals surface area (Å²) < 4.78 is 94.4. The number of hydrogen-bond donors (Lipinski definition) is 4. The van der Waals surface area contributed by atoms with Gasteiger partial charge in [-0.2, -0.15) is 4.99 Å². The van der Waals surface area contributed by atoms with Crippen LogP contribution in [0.3, 0.4) is 0 Å². The van der Waals surface area contributed by atoms with E-state index in [9.17, 15) is 36.3 Å². The minimum Gasteiger partial charge on any atom is -0.474 e. The van der Waals surface area contributed by atoms with Gasteiger partial charge in [0.2, 0.25) is 23.5 Å². The van der Waals surface area contributed by atoms with Gasteiger partial charge in [-0.05, 0) is 260 Å². The lowest BCUT2D eigenvalue weighted by molar-refractivity contribution is -0.121. The predicted octanol–water partition coefficient (Wildman–Crippen LogP) is 23.2. The topological polar surface area (TPSA) is 312 Å². The van der Waals surface area contributed by atoms with Gasteiger partial charge in [0.25, 0.3) is 17.7 Å². The molecule has 4 aliphatic rings. The van der Waals surface area contributed by atoms with E-state index in [1.807, 2.05) is 127 Å². The molecular formula is C105H77ClF5N17O7S3. The van der Waals surface area contributed by atoms with E-state index in [0.29, 0.717) is 104 Å². The van der Waals surface area contributed by atoms with Crippen LogP contribution in [0.25, 0.3) is 153 Å². The Morgan fingerprint density at radius 2 is 0.797 bits per heavy atom. The van der Waals surface area contributed by atoms with E-state index in [4.69, 9.17) is 52.0 Å². The second-order valence-electron chi connectivity index (χ2n) is 32.4. The van der Waals surface area contributed by atoms with Crippen LogP contribution in [0.15, 0.2) is 265 Å². The lowest BCUT2D eigenvalue weighted by Crippen LogP contribution is -2.35. The van der Waals surface area contributed by atoms with Crippen molar-refractivity contribution in [2.75, 3.05) is 67.5 Å². The lowest BCUT2D eigenvalue weighted by atomic mass is 9.96. The standard InChI is InChI=1S/C23H16FN3O2.C22H16FN3O2S.C22H18FN3OS.C21H14FN3O2S.C17H13ClFN5/c1-13-9-16(4-6-18(13)24)22-17(11-20-23(27-22)29-12-21(28)26-20)14-5-7-19-15(10-14)3-2-8-25-19;1-12-7-14(3-5-16(12)23)21-15(13-4-6-17-19(8-13)29-11-24-17)9-18-22(25-21)28-10-20(27)26(18)2;1-13-9-15(3-5-17(13)23)21-16(11-19-22(25-21)27-8-7-26(19)2)14-4-6-18-20(10-14)28-12-24-18;1-11-6-13(2-4-15(11)22)20-14(8-17-21(25-20)27-9-19(26)24-17)12-3-5-16-18(7-12)28-10-23-16;18-13-8-10(3-5-14(13)19)16-12(2-1-7-22-16)11-4-6-15(23-9-11)24-17(20)21/h2-11H,12H2,1H3,(H,26,28);3-9,11H,10H2,1-2H3;3-6,9-12H,7-8H2,1-2H3;2-8,10H,9H2,1H3,(H,24,26);1-9H,(H4,20,21,23,24). The zero-order chi connectivity index (χ0) is 95.7. The molecule has 19 aromatic rings. The van der Waals surface area contributed by atoms with Crippen molar-refractivity contribution in [2.45, 2.75) is 27.7 Å². The van der Waals surface area contributed by atoms with Crippen LogP contribution in [0.5, 0.6) is 23.5 Å². The van der Waals surface area contributed by atoms with Gasteiger partial charge in [0.05, 0.1) is 92.7 Å². The van der Waals surface area contributed by atoms with Crippen LogP contribution in [0.1, 0.15) is 22.3 Å². The quantitative estimate of drug-likeness (QED) is 0.0531. The molecule has 0 saturated heterocycles. The predicted molar refractivity (Wildman–Crippen MR) is 533 cm³/mol. The summed E-state index contributed by atoms with van der Waals surface area (Å²) in [7, 11) is 3.75. The zero-order valence-corrected chi connectivity index (χ0v) is 77.4. The Kier molecular flexibility index (Phi) is 25.6. The van der Waals surface area contributed by atoms with Gasteiger partial charge < -0.3 is 50.8 Å². The molecule has 24 nitrogen and oxygen atoms in total. The molecule has 0 radical (unpaired) electrons. The Labute approximate surface area is 802 Å². The Bertz CT molecular complexity index is 8110. The molecule has 10 aromatic heterocycles. The molecule has 138 heavy (non-hydrogen) atoms. The minimum absolute atomic E-state index is 0.0466. The summed E-state index contributed by atoms with van der Waals surface area (Å²) in [6, 6.07) is 67.3. The number of nitrogens with two attached hydrogens (primary N) is 2. The normalized spacial score (nSPS) is 12.8. The summed E-state index contributed by atoms with van der Waals surface area (Å²) in [4.78, 5) is 88.1. The number of halogens is 6. The van der Waals surface area contributed by atoms with Crippen LogP contribution >= 0.6 is 45.6 Å². The van der Waals surface area contributed by atoms with Gasteiger partial charge in [0.15, 0.2) is 31.6 Å². The van der Waals surface area contributed by atoms with E-state index in [1.54, 1.807) is 158 Å². The van der Waals surface area contributed by atoms with E-state index in [-0.39, 0.29) is 71.8 Å². The van der Waals surface area contributed by atoms with Crippen molar-refractivity contribution in [1.29, 1.82) is 0 Å². The van der Waals surface area contributed by atoms with Gasteiger partial charge >= 0.3 is 0 Å². The molecule has 9 aromatic carbocycles. The largest absolute Gasteiger partial charge is 0.474 e. The Hall–Kier alpha value is -16.4. The van der Waals surface area contributed by atoms with E-state index < -0.39 is 5.82 Å². The SMILES string of the molecule is Cc1cc(-c2nc3c(cc2-c2ccc4ncccc4c2)NC(=O)CO3)ccc1F.Cc1cc(-c2nc3c(cc2-c2ccc4ncsc4c2)N(C)C(=O)CO3)ccc1F.Cc1cc(-c2nc3c(cc2-c2ccc4ncsc4c2)N(C)CCO3)ccc1F.Cc1cc(-c2nc3c(cc2-c2ccc4ncsc4c2)NC(=O)CO3)ccc1F.NC(N)=Nc1ccc(-c2cccnc2-c2ccc(F)c(Cl)c2)cn1. The smallest absolute Gasteiger partial charge is 0.264 e. The first-order valence-electron chi connectivity index (χ1n) is 43.0. The number of benzene rings is 9. The summed E-state index contributed by atoms with van der Waals surface area (Å²) in [6.07, 6.45) is 5.06. The van der Waals surface area contributed by atoms with Crippen molar-refractivity contribution in [3.63, 3.8) is 0 Å². The van der Waals surface area contributed by atoms with Crippen molar-refractivity contribution >= 4 is 139 Å². The number of carbonyl (C=O) groups is 3. The fraction of sp³-hybridized carbons (Fsp3) is 0.105. The Morgan fingerprint density at radius 3 is 1.26 bits per heavy atom. The van der Waals surface area contributed by atoms with E-state index >= 15 is 0 Å². The molecule has 4 aliphatic heterocycles. The average Bonchev–Trinajstić information content (AvgIpc) is 1.08. The number of thiazole rings is 3. The maximum atomic E-state index is 13.8. The molecule has 23 rings (SSSR count). The maximum Gasteiger partial charge on any atom is 0.264 e. The molecule has 33 heteroatoms. The number of anilines is 4. The number of carbonyl (C=O) groups excluding carboxylic acids is 3. The van der Waals surface area contributed by atoms with Crippen LogP contribution < -0.4 is 50.8 Å². The highest BCUT2D eigenvalue weighted by Crippen LogP contribution is 2.47. The number of rotatable bonds is 11. The van der Waals surface area contributed by atoms with Gasteiger partial charge in [-0.15, -0.1) is 34.0 Å². The first-order chi connectivity index (χ1) is 66.8. The first kappa shape index (κ1) is 90.7. The van der Waals surface area contributed by atoms with Crippen molar-refractivity contribution in [1.82, 2.24) is 49.8 Å². The lowest BCUT2D eigenvalue weighted by Gasteiger charge is -2.28. The molecule has 0 saturated carbocycles. The number of ether oxygens (including phenoxy) is 4. The highest BCUT2D eigenvalue weighted by Gasteiger charge is 2.30. The number of nitrogens with one attached hydrogen (secondary N) is 2. The molecule has 0 atom stereocenters. The van der Waals surface area contributed by atoms with Crippen LogP contribution in [-0.4, -0.2) is 121 Å². The van der Waals surface area contributed by atoms with Crippen molar-refractivity contribution in [3.8, 4) is 135 Å². The van der Waals surface area contributed by atoms with Crippen molar-refractivity contribution in [2.24, 2.45) is 16.5 Å². The minimum atomic E-state index is -0.471. The average molecular weight is 1920 g/mol. The molecule has 0 fully saturated rings. The van der Waals surface area contributed by atoms with Crippen molar-refractivity contribution < 1.29 is 55.3 Å². The second kappa shape index (κ2) is 38.9. The van der Waals surface area contributed by atoms with E-state index in [1.165, 1.54) is 30.3 Å². The molecule has 0 spiro atoms. The number of likely N-dealkylation sites (N-methyl/N-ethyl adjacent to an activating group) is 2. The van der Waals surface area contributed by atoms with E-state index in [0.717, 1.165) is 137 Å². The van der Waals surface area contributed by atoms with Crippen LogP contribution in [0, 0.1) is 56.8 Å². The number of aromatic nitrogens is 10. The summed E-state index contributed by atoms with van der Waals surface area (Å²) in [6.45, 7) is 8.14. The van der Waals surface area contributed by atoms with Gasteiger partial charge in [-0.25, -0.2) is 61.8 Å². The third-order valence-corrected chi connectivity index (χ3v) is 25.8. The summed E-state index contributed by atoms with van der Waals surface area (Å²) >= 11 is 10.6. The Morgan fingerprint density at radius 1 is 0.391 bits per heavy atom. The first-order valence-corrected chi connectivity index (χ1v) is 46.0. The molecule has 0 bridgehead atoms. The monoisotopic (exact) mass is 1910 g/mol. The number of aliphatic imine (C=N–C) groups is 1. The van der Waals surface area contributed by atoms with E-state index in [2.05, 4.69) is 84.7 Å². The molecule has 6 N–H and O–H groups in total.